The molecular formula is C20H16FN3O5. The Morgan fingerprint density at radius 1 is 1.14 bits per heavy atom. The first-order chi connectivity index (χ1) is 13.9. The molecule has 0 saturated carbocycles. The van der Waals surface area contributed by atoms with E-state index in [1.807, 2.05) is 0 Å². The maximum Gasteiger partial charge on any atom is 0.338 e. The number of urea groups is 1. The molecule has 0 spiro atoms. The third kappa shape index (κ3) is 4.34. The van der Waals surface area contributed by atoms with Crippen LogP contribution in [0.5, 0.6) is 0 Å². The van der Waals surface area contributed by atoms with E-state index in [0.29, 0.717) is 11.3 Å². The van der Waals surface area contributed by atoms with Crippen molar-refractivity contribution >= 4 is 41.4 Å². The topological polar surface area (TPSA) is 105 Å². The number of hydrogen-bond donors (Lipinski definition) is 1. The molecule has 1 N–H and O–H groups in total. The van der Waals surface area contributed by atoms with Crippen molar-refractivity contribution in [1.82, 2.24) is 5.32 Å². The van der Waals surface area contributed by atoms with Crippen LogP contribution in [-0.2, 0) is 14.3 Å². The number of benzene rings is 2. The number of imide groups is 2. The molecule has 1 fully saturated rings. The number of halogens is 1. The Morgan fingerprint density at radius 2 is 1.79 bits per heavy atom. The molecule has 4 amide bonds. The molecule has 2 aromatic rings. The lowest BCUT2D eigenvalue weighted by Gasteiger charge is -2.28. The second-order valence-corrected chi connectivity index (χ2v) is 5.97. The zero-order valence-corrected chi connectivity index (χ0v) is 15.3. The number of rotatable bonds is 5. The molecule has 0 radical (unpaired) electrons. The van der Waals surface area contributed by atoms with E-state index >= 15 is 0 Å². The van der Waals surface area contributed by atoms with Crippen LogP contribution < -0.4 is 10.2 Å². The molecule has 1 heterocycles. The Labute approximate surface area is 165 Å². The number of anilines is 1. The van der Waals surface area contributed by atoms with Crippen LogP contribution in [0.3, 0.4) is 0 Å². The third-order valence-corrected chi connectivity index (χ3v) is 4.04. The van der Waals surface area contributed by atoms with Crippen molar-refractivity contribution in [3.05, 3.63) is 59.9 Å². The molecule has 0 aliphatic carbocycles. The SMILES string of the molecule is CCOC(=O)c1ccc(N=C[C@@H]2C(=O)NC(=O)N(c3ccc(F)cc3)C2=O)cc1. The largest absolute Gasteiger partial charge is 0.462 e. The van der Waals surface area contributed by atoms with Gasteiger partial charge in [0.15, 0.2) is 5.92 Å². The summed E-state index contributed by atoms with van der Waals surface area (Å²) in [5.74, 6) is -3.97. The zero-order chi connectivity index (χ0) is 21.0. The van der Waals surface area contributed by atoms with E-state index < -0.39 is 35.5 Å². The summed E-state index contributed by atoms with van der Waals surface area (Å²) in [6.45, 7) is 1.95. The van der Waals surface area contributed by atoms with Gasteiger partial charge in [0.1, 0.15) is 5.82 Å². The average molecular weight is 397 g/mol. The number of nitrogens with zero attached hydrogens (tertiary/aromatic N) is 2. The predicted octanol–water partition coefficient (Wildman–Crippen LogP) is 2.60. The van der Waals surface area contributed by atoms with Gasteiger partial charge in [0.2, 0.25) is 5.91 Å². The van der Waals surface area contributed by atoms with Crippen LogP contribution in [0.15, 0.2) is 53.5 Å². The van der Waals surface area contributed by atoms with E-state index in [-0.39, 0.29) is 12.3 Å². The summed E-state index contributed by atoms with van der Waals surface area (Å²) in [5.41, 5.74) is 0.854. The first kappa shape index (κ1) is 19.9. The minimum absolute atomic E-state index is 0.124. The molecule has 8 nitrogen and oxygen atoms in total. The van der Waals surface area contributed by atoms with Gasteiger partial charge in [-0.3, -0.25) is 19.9 Å². The number of amides is 4. The van der Waals surface area contributed by atoms with Gasteiger partial charge in [0.25, 0.3) is 5.91 Å². The molecule has 148 valence electrons. The average Bonchev–Trinajstić information content (AvgIpc) is 2.69. The van der Waals surface area contributed by atoms with Gasteiger partial charge in [0.05, 0.1) is 23.5 Å². The highest BCUT2D eigenvalue weighted by Crippen LogP contribution is 2.21. The van der Waals surface area contributed by atoms with Crippen molar-refractivity contribution < 1.29 is 28.3 Å². The molecule has 3 rings (SSSR count). The Balaban J connectivity index is 1.79. The Kier molecular flexibility index (Phi) is 5.77. The van der Waals surface area contributed by atoms with Gasteiger partial charge in [-0.2, -0.15) is 0 Å². The van der Waals surface area contributed by atoms with E-state index in [4.69, 9.17) is 4.74 Å². The van der Waals surface area contributed by atoms with Crippen molar-refractivity contribution in [1.29, 1.82) is 0 Å². The molecule has 0 aromatic heterocycles. The van der Waals surface area contributed by atoms with Gasteiger partial charge in [-0.1, -0.05) is 0 Å². The highest BCUT2D eigenvalue weighted by molar-refractivity contribution is 6.32. The number of nitrogens with one attached hydrogen (secondary N) is 1. The third-order valence-electron chi connectivity index (χ3n) is 4.04. The molecule has 9 heteroatoms. The summed E-state index contributed by atoms with van der Waals surface area (Å²) >= 11 is 0. The van der Waals surface area contributed by atoms with Gasteiger partial charge in [-0.05, 0) is 55.5 Å². The summed E-state index contributed by atoms with van der Waals surface area (Å²) in [4.78, 5) is 53.3. The van der Waals surface area contributed by atoms with Crippen molar-refractivity contribution in [3.63, 3.8) is 0 Å². The van der Waals surface area contributed by atoms with Gasteiger partial charge in [-0.15, -0.1) is 0 Å². The van der Waals surface area contributed by atoms with Crippen LogP contribution in [0.25, 0.3) is 0 Å². The van der Waals surface area contributed by atoms with E-state index in [0.717, 1.165) is 23.2 Å². The molecule has 1 saturated heterocycles. The highest BCUT2D eigenvalue weighted by Gasteiger charge is 2.40. The Hall–Kier alpha value is -3.88. The second kappa shape index (κ2) is 8.42. The summed E-state index contributed by atoms with van der Waals surface area (Å²) < 4.78 is 18.0. The molecule has 0 bridgehead atoms. The normalized spacial score (nSPS) is 16.8. The molecule has 2 aromatic carbocycles. The van der Waals surface area contributed by atoms with Crippen molar-refractivity contribution in [2.24, 2.45) is 10.9 Å². The minimum atomic E-state index is -1.34. The fourth-order valence-electron chi connectivity index (χ4n) is 2.62. The first-order valence-corrected chi connectivity index (χ1v) is 8.66. The highest BCUT2D eigenvalue weighted by atomic mass is 19.1. The van der Waals surface area contributed by atoms with Crippen molar-refractivity contribution in [2.75, 3.05) is 11.5 Å². The molecular weight excluding hydrogens is 381 g/mol. The van der Waals surface area contributed by atoms with Crippen LogP contribution in [0, 0.1) is 11.7 Å². The fourth-order valence-corrected chi connectivity index (χ4v) is 2.62. The number of esters is 1. The lowest BCUT2D eigenvalue weighted by molar-refractivity contribution is -0.131. The zero-order valence-electron chi connectivity index (χ0n) is 15.3. The number of carbonyl (C=O) groups is 4. The van der Waals surface area contributed by atoms with Crippen LogP contribution in [-0.4, -0.2) is 36.6 Å². The standard InChI is InChI=1S/C20H16FN3O5/c1-2-29-19(27)12-3-7-14(8-4-12)22-11-16-17(25)23-20(28)24(18(16)26)15-9-5-13(21)6-10-15/h3-11,16H,2H2,1H3,(H,23,25,28)/t16-/m1/s1. The van der Waals surface area contributed by atoms with Gasteiger partial charge in [-0.25, -0.2) is 18.9 Å². The van der Waals surface area contributed by atoms with E-state index in [1.54, 1.807) is 6.92 Å². The number of hydrogen-bond acceptors (Lipinski definition) is 6. The van der Waals surface area contributed by atoms with Crippen LogP contribution in [0.1, 0.15) is 17.3 Å². The van der Waals surface area contributed by atoms with Crippen molar-refractivity contribution in [2.45, 2.75) is 6.92 Å². The summed E-state index contributed by atoms with van der Waals surface area (Å²) in [7, 11) is 0. The van der Waals surface area contributed by atoms with E-state index in [9.17, 15) is 23.6 Å². The monoisotopic (exact) mass is 397 g/mol. The summed E-state index contributed by atoms with van der Waals surface area (Å²) in [5, 5.41) is 2.08. The van der Waals surface area contributed by atoms with Gasteiger partial charge < -0.3 is 4.74 Å². The van der Waals surface area contributed by atoms with Crippen LogP contribution >= 0.6 is 0 Å². The minimum Gasteiger partial charge on any atom is -0.462 e. The van der Waals surface area contributed by atoms with E-state index in [1.165, 1.54) is 36.4 Å². The fraction of sp³-hybridized carbons (Fsp3) is 0.150. The first-order valence-electron chi connectivity index (χ1n) is 8.66. The molecule has 29 heavy (non-hydrogen) atoms. The summed E-state index contributed by atoms with van der Waals surface area (Å²) in [6.07, 6.45) is 1.11. The van der Waals surface area contributed by atoms with Gasteiger partial charge in [0, 0.05) is 6.21 Å². The molecule has 1 aliphatic heterocycles. The van der Waals surface area contributed by atoms with Gasteiger partial charge >= 0.3 is 12.0 Å². The Morgan fingerprint density at radius 3 is 2.41 bits per heavy atom. The van der Waals surface area contributed by atoms with Crippen LogP contribution in [0.4, 0.5) is 20.6 Å². The molecule has 1 aliphatic rings. The molecule has 0 unspecified atom stereocenters. The van der Waals surface area contributed by atoms with Crippen LogP contribution in [0.2, 0.25) is 0 Å². The smallest absolute Gasteiger partial charge is 0.338 e. The maximum absolute atomic E-state index is 13.1. The second-order valence-electron chi connectivity index (χ2n) is 5.97. The summed E-state index contributed by atoms with van der Waals surface area (Å²) in [6, 6.07) is 9.84. The predicted molar refractivity (Wildman–Crippen MR) is 101 cm³/mol. The number of ether oxygens (including phenoxy) is 1. The quantitative estimate of drug-likeness (QED) is 0.474. The van der Waals surface area contributed by atoms with Crippen molar-refractivity contribution in [3.8, 4) is 0 Å². The Bertz CT molecular complexity index is 986. The number of barbiturate groups is 1. The lowest BCUT2D eigenvalue weighted by Crippen LogP contribution is -2.58. The number of carbonyl (C=O) groups excluding carboxylic acids is 4. The maximum atomic E-state index is 13.1. The molecule has 1 atom stereocenters. The number of aliphatic imine (C=N–C) groups is 1. The lowest BCUT2D eigenvalue weighted by atomic mass is 10.1. The van der Waals surface area contributed by atoms with E-state index in [2.05, 4.69) is 10.3 Å².